The van der Waals surface area contributed by atoms with Gasteiger partial charge < -0.3 is 5.32 Å². The second-order valence-corrected chi connectivity index (χ2v) is 8.59. The zero-order valence-electron chi connectivity index (χ0n) is 12.5. The van der Waals surface area contributed by atoms with Crippen LogP contribution in [0.1, 0.15) is 25.1 Å². The molecule has 0 aliphatic rings. The maximum atomic E-state index is 12.7. The molecular formula is C13H24N2O2S3. The van der Waals surface area contributed by atoms with Gasteiger partial charge in [0.15, 0.2) is 0 Å². The van der Waals surface area contributed by atoms with Crippen LogP contribution in [0, 0.1) is 0 Å². The fourth-order valence-electron chi connectivity index (χ4n) is 1.79. The minimum absolute atomic E-state index is 0.0133. The summed E-state index contributed by atoms with van der Waals surface area (Å²) in [5, 5.41) is 5.04. The third-order valence-corrected chi connectivity index (χ3v) is 7.01. The first kappa shape index (κ1) is 18.0. The van der Waals surface area contributed by atoms with Crippen LogP contribution in [0.2, 0.25) is 0 Å². The second kappa shape index (κ2) is 8.38. The Morgan fingerprint density at radius 2 is 2.20 bits per heavy atom. The number of rotatable bonds is 9. The highest BCUT2D eigenvalue weighted by molar-refractivity contribution is 7.98. The van der Waals surface area contributed by atoms with Gasteiger partial charge in [-0.3, -0.25) is 0 Å². The largest absolute Gasteiger partial charge is 0.312 e. The third-order valence-electron chi connectivity index (χ3n) is 3.26. The molecule has 0 bridgehead atoms. The van der Waals surface area contributed by atoms with E-state index in [1.165, 1.54) is 15.6 Å². The summed E-state index contributed by atoms with van der Waals surface area (Å²) in [5.74, 6) is 0.967. The summed E-state index contributed by atoms with van der Waals surface area (Å²) in [6, 6.07) is 1.73. The first-order chi connectivity index (χ1) is 9.45. The van der Waals surface area contributed by atoms with Gasteiger partial charge in [0.1, 0.15) is 0 Å². The smallest absolute Gasteiger partial charge is 0.244 e. The maximum absolute atomic E-state index is 12.7. The van der Waals surface area contributed by atoms with Gasteiger partial charge >= 0.3 is 0 Å². The molecule has 4 nitrogen and oxygen atoms in total. The average Bonchev–Trinajstić information content (AvgIpc) is 2.90. The highest BCUT2D eigenvalue weighted by Gasteiger charge is 2.27. The summed E-state index contributed by atoms with van der Waals surface area (Å²) < 4.78 is 26.9. The molecule has 0 saturated heterocycles. The third kappa shape index (κ3) is 4.46. The Labute approximate surface area is 131 Å². The molecule has 0 aliphatic heterocycles. The molecular weight excluding hydrogens is 312 g/mol. The number of nitrogens with one attached hydrogen (secondary N) is 1. The molecule has 1 atom stereocenters. The van der Waals surface area contributed by atoms with Gasteiger partial charge in [0.05, 0.1) is 4.90 Å². The standard InChI is InChI=1S/C13H24N2O2S3/c1-5-14-10-12-13(7-9-19-12)20(16,17)15(3)11(2)6-8-18-4/h7,9,11,14H,5-6,8,10H2,1-4H3. The predicted molar refractivity (Wildman–Crippen MR) is 89.1 cm³/mol. The van der Waals surface area contributed by atoms with E-state index in [2.05, 4.69) is 5.32 Å². The Bertz CT molecular complexity index is 499. The van der Waals surface area contributed by atoms with Crippen molar-refractivity contribution in [1.82, 2.24) is 9.62 Å². The van der Waals surface area contributed by atoms with E-state index in [0.29, 0.717) is 11.4 Å². The van der Waals surface area contributed by atoms with Gasteiger partial charge in [-0.1, -0.05) is 6.92 Å². The van der Waals surface area contributed by atoms with Crippen molar-refractivity contribution in [1.29, 1.82) is 0 Å². The van der Waals surface area contributed by atoms with Gasteiger partial charge in [-0.05, 0) is 43.3 Å². The maximum Gasteiger partial charge on any atom is 0.244 e. The van der Waals surface area contributed by atoms with Gasteiger partial charge in [0, 0.05) is 24.5 Å². The van der Waals surface area contributed by atoms with E-state index in [0.717, 1.165) is 23.6 Å². The van der Waals surface area contributed by atoms with Crippen LogP contribution in [-0.2, 0) is 16.6 Å². The van der Waals surface area contributed by atoms with Crippen molar-refractivity contribution in [2.24, 2.45) is 0 Å². The molecule has 0 saturated carbocycles. The molecule has 1 unspecified atom stereocenters. The van der Waals surface area contributed by atoms with Crippen LogP contribution in [0.4, 0.5) is 0 Å². The Morgan fingerprint density at radius 1 is 1.50 bits per heavy atom. The van der Waals surface area contributed by atoms with E-state index >= 15 is 0 Å². The van der Waals surface area contributed by atoms with Crippen LogP contribution in [0.5, 0.6) is 0 Å². The van der Waals surface area contributed by atoms with Gasteiger partial charge in [-0.15, -0.1) is 11.3 Å². The van der Waals surface area contributed by atoms with Gasteiger partial charge in [-0.25, -0.2) is 8.42 Å². The summed E-state index contributed by atoms with van der Waals surface area (Å²) in [7, 11) is -1.72. The summed E-state index contributed by atoms with van der Waals surface area (Å²) in [6.07, 6.45) is 2.90. The van der Waals surface area contributed by atoms with Crippen LogP contribution < -0.4 is 5.32 Å². The van der Waals surface area contributed by atoms with Crippen LogP contribution in [-0.4, -0.2) is 44.4 Å². The molecule has 1 heterocycles. The lowest BCUT2D eigenvalue weighted by atomic mass is 10.3. The van der Waals surface area contributed by atoms with Crippen molar-refractivity contribution >= 4 is 33.1 Å². The van der Waals surface area contributed by atoms with E-state index in [1.807, 2.05) is 25.5 Å². The van der Waals surface area contributed by atoms with E-state index in [1.54, 1.807) is 24.9 Å². The molecule has 0 aromatic carbocycles. The molecule has 0 aliphatic carbocycles. The molecule has 0 amide bonds. The molecule has 0 radical (unpaired) electrons. The Hall–Kier alpha value is -0.0800. The number of hydrogen-bond donors (Lipinski definition) is 1. The topological polar surface area (TPSA) is 49.4 Å². The molecule has 1 aromatic heterocycles. The van der Waals surface area contributed by atoms with Crippen LogP contribution in [0.15, 0.2) is 16.3 Å². The van der Waals surface area contributed by atoms with Crippen molar-refractivity contribution < 1.29 is 8.42 Å². The minimum atomic E-state index is -3.39. The average molecular weight is 337 g/mol. The van der Waals surface area contributed by atoms with Crippen molar-refractivity contribution in [3.63, 3.8) is 0 Å². The lowest BCUT2D eigenvalue weighted by Gasteiger charge is -2.24. The van der Waals surface area contributed by atoms with Crippen LogP contribution in [0.3, 0.4) is 0 Å². The first-order valence-corrected chi connectivity index (χ1v) is 10.4. The lowest BCUT2D eigenvalue weighted by Crippen LogP contribution is -2.35. The quantitative estimate of drug-likeness (QED) is 0.753. The van der Waals surface area contributed by atoms with E-state index < -0.39 is 10.0 Å². The molecule has 1 N–H and O–H groups in total. The van der Waals surface area contributed by atoms with Gasteiger partial charge in [0.2, 0.25) is 10.0 Å². The number of hydrogen-bond acceptors (Lipinski definition) is 5. The predicted octanol–water partition coefficient (Wildman–Crippen LogP) is 2.62. The van der Waals surface area contributed by atoms with Gasteiger partial charge in [-0.2, -0.15) is 16.1 Å². The van der Waals surface area contributed by atoms with Crippen molar-refractivity contribution in [3.05, 3.63) is 16.3 Å². The number of sulfonamides is 1. The van der Waals surface area contributed by atoms with Crippen LogP contribution in [0.25, 0.3) is 0 Å². The number of nitrogens with zero attached hydrogens (tertiary/aromatic N) is 1. The van der Waals surface area contributed by atoms with Gasteiger partial charge in [0.25, 0.3) is 0 Å². The second-order valence-electron chi connectivity index (χ2n) is 4.64. The summed E-state index contributed by atoms with van der Waals surface area (Å²) in [5.41, 5.74) is 0. The lowest BCUT2D eigenvalue weighted by molar-refractivity contribution is 0.382. The zero-order valence-corrected chi connectivity index (χ0v) is 15.0. The van der Waals surface area contributed by atoms with E-state index in [-0.39, 0.29) is 6.04 Å². The Morgan fingerprint density at radius 3 is 2.80 bits per heavy atom. The van der Waals surface area contributed by atoms with Crippen LogP contribution >= 0.6 is 23.1 Å². The fraction of sp³-hybridized carbons (Fsp3) is 0.692. The Balaban J connectivity index is 2.89. The molecule has 1 rings (SSSR count). The summed E-state index contributed by atoms with van der Waals surface area (Å²) >= 11 is 3.23. The number of thiophene rings is 1. The molecule has 7 heteroatoms. The minimum Gasteiger partial charge on any atom is -0.312 e. The van der Waals surface area contributed by atoms with Crippen molar-refractivity contribution in [2.45, 2.75) is 37.8 Å². The summed E-state index contributed by atoms with van der Waals surface area (Å²) in [6.45, 7) is 5.41. The molecule has 116 valence electrons. The normalized spacial score (nSPS) is 13.8. The zero-order chi connectivity index (χ0) is 15.2. The molecule has 0 spiro atoms. The molecule has 0 fully saturated rings. The van der Waals surface area contributed by atoms with Crippen molar-refractivity contribution in [2.75, 3.05) is 25.6 Å². The highest BCUT2D eigenvalue weighted by Crippen LogP contribution is 2.26. The molecule has 20 heavy (non-hydrogen) atoms. The Kier molecular flexibility index (Phi) is 7.53. The number of thioether (sulfide) groups is 1. The molecule has 1 aromatic rings. The van der Waals surface area contributed by atoms with E-state index in [9.17, 15) is 8.42 Å². The fourth-order valence-corrected chi connectivity index (χ4v) is 5.14. The highest BCUT2D eigenvalue weighted by atomic mass is 32.2. The SMILES string of the molecule is CCNCc1sccc1S(=O)(=O)N(C)C(C)CCSC. The van der Waals surface area contributed by atoms with Crippen molar-refractivity contribution in [3.8, 4) is 0 Å². The summed E-state index contributed by atoms with van der Waals surface area (Å²) in [4.78, 5) is 1.33. The van der Waals surface area contributed by atoms with E-state index in [4.69, 9.17) is 0 Å². The first-order valence-electron chi connectivity index (χ1n) is 6.69. The monoisotopic (exact) mass is 336 g/mol.